The second-order valence-electron chi connectivity index (χ2n) is 7.20. The van der Waals surface area contributed by atoms with Crippen molar-refractivity contribution in [2.45, 2.75) is 18.1 Å². The van der Waals surface area contributed by atoms with Gasteiger partial charge < -0.3 is 10.2 Å². The van der Waals surface area contributed by atoms with E-state index in [4.69, 9.17) is 5.26 Å². The van der Waals surface area contributed by atoms with E-state index in [0.717, 1.165) is 13.0 Å². The third-order valence-corrected chi connectivity index (χ3v) is 5.49. The van der Waals surface area contributed by atoms with Crippen LogP contribution in [0.2, 0.25) is 0 Å². The molecule has 0 aliphatic carbocycles. The zero-order valence-corrected chi connectivity index (χ0v) is 17.8. The third kappa shape index (κ3) is 5.47. The Morgan fingerprint density at radius 3 is 2.63 bits per heavy atom. The van der Waals surface area contributed by atoms with Gasteiger partial charge in [0.05, 0.1) is 48.9 Å². The molecule has 7 nitrogen and oxygen atoms in total. The molecule has 2 aromatic carbocycles. The fourth-order valence-electron chi connectivity index (χ4n) is 3.00. The van der Waals surface area contributed by atoms with Crippen LogP contribution in [0.3, 0.4) is 0 Å². The highest BCUT2D eigenvalue weighted by molar-refractivity contribution is 7.99. The van der Waals surface area contributed by atoms with Crippen LogP contribution in [0.4, 0.5) is 5.69 Å². The van der Waals surface area contributed by atoms with Crippen molar-refractivity contribution >= 4 is 34.3 Å². The van der Waals surface area contributed by atoms with Gasteiger partial charge in [-0.1, -0.05) is 23.9 Å². The van der Waals surface area contributed by atoms with Gasteiger partial charge in [-0.15, -0.1) is 0 Å². The van der Waals surface area contributed by atoms with Crippen LogP contribution in [0.25, 0.3) is 10.9 Å². The predicted molar refractivity (Wildman–Crippen MR) is 119 cm³/mol. The molecule has 1 heterocycles. The lowest BCUT2D eigenvalue weighted by Gasteiger charge is -2.14. The summed E-state index contributed by atoms with van der Waals surface area (Å²) in [6.07, 6.45) is 0.841. The molecule has 0 unspecified atom stereocenters. The van der Waals surface area contributed by atoms with Crippen LogP contribution >= 0.6 is 11.8 Å². The minimum absolute atomic E-state index is 0.0793. The van der Waals surface area contributed by atoms with Crippen molar-refractivity contribution in [2.75, 3.05) is 31.7 Å². The van der Waals surface area contributed by atoms with Gasteiger partial charge in [0, 0.05) is 18.7 Å². The number of rotatable bonds is 8. The molecule has 0 bridgehead atoms. The molecule has 0 saturated carbocycles. The number of para-hydroxylation sites is 1. The number of nitrogens with one attached hydrogen (secondary N) is 2. The Bertz CT molecular complexity index is 1130. The standard InChI is InChI=1S/C22H23N5O2S/c1-26(2)12-5-13-27-21(29)18-6-3-4-7-19(18)25-22(27)30-15-20(28)24-17-10-8-16(14-23)9-11-17/h3-4,6-11H,5,12-13,15H2,1-2H3,(H,24,28)/p+1. The number of carbonyl (C=O) groups is 1. The molecular weight excluding hydrogens is 398 g/mol. The molecule has 0 aliphatic rings. The number of nitriles is 1. The molecule has 30 heavy (non-hydrogen) atoms. The average molecular weight is 423 g/mol. The van der Waals surface area contributed by atoms with Crippen molar-refractivity contribution in [3.63, 3.8) is 0 Å². The summed E-state index contributed by atoms with van der Waals surface area (Å²) in [6.45, 7) is 1.49. The Balaban J connectivity index is 1.76. The van der Waals surface area contributed by atoms with E-state index in [1.807, 2.05) is 24.3 Å². The summed E-state index contributed by atoms with van der Waals surface area (Å²) in [4.78, 5) is 31.3. The minimum Gasteiger partial charge on any atom is -0.340 e. The first kappa shape index (κ1) is 21.6. The maximum Gasteiger partial charge on any atom is 0.262 e. The van der Waals surface area contributed by atoms with Gasteiger partial charge in [0.15, 0.2) is 5.16 Å². The van der Waals surface area contributed by atoms with E-state index in [-0.39, 0.29) is 17.2 Å². The lowest BCUT2D eigenvalue weighted by molar-refractivity contribution is -0.858. The largest absolute Gasteiger partial charge is 0.340 e. The smallest absolute Gasteiger partial charge is 0.262 e. The van der Waals surface area contributed by atoms with Crippen molar-refractivity contribution in [3.8, 4) is 6.07 Å². The van der Waals surface area contributed by atoms with Gasteiger partial charge in [0.1, 0.15) is 0 Å². The van der Waals surface area contributed by atoms with Crippen molar-refractivity contribution in [1.82, 2.24) is 9.55 Å². The van der Waals surface area contributed by atoms with Crippen molar-refractivity contribution in [1.29, 1.82) is 5.26 Å². The first-order valence-corrected chi connectivity index (χ1v) is 10.7. The number of aromatic nitrogens is 2. The molecule has 0 aliphatic heterocycles. The first-order valence-electron chi connectivity index (χ1n) is 9.69. The summed E-state index contributed by atoms with van der Waals surface area (Å²) in [5, 5.41) is 12.8. The molecule has 3 aromatic rings. The molecule has 0 saturated heterocycles. The molecule has 1 amide bonds. The van der Waals surface area contributed by atoms with Crippen LogP contribution in [-0.4, -0.2) is 41.9 Å². The van der Waals surface area contributed by atoms with Crippen LogP contribution in [0, 0.1) is 11.3 Å². The Hall–Kier alpha value is -3.15. The van der Waals surface area contributed by atoms with E-state index in [0.29, 0.717) is 33.9 Å². The molecule has 8 heteroatoms. The predicted octanol–water partition coefficient (Wildman–Crippen LogP) is 1.53. The van der Waals surface area contributed by atoms with Crippen LogP contribution in [0.15, 0.2) is 58.5 Å². The van der Waals surface area contributed by atoms with E-state index in [2.05, 4.69) is 24.4 Å². The quantitative estimate of drug-likeness (QED) is 0.424. The zero-order chi connectivity index (χ0) is 21.5. The number of anilines is 1. The van der Waals surface area contributed by atoms with Crippen LogP contribution in [0.5, 0.6) is 0 Å². The summed E-state index contributed by atoms with van der Waals surface area (Å²) >= 11 is 1.25. The minimum atomic E-state index is -0.198. The van der Waals surface area contributed by atoms with Crippen molar-refractivity contribution < 1.29 is 9.69 Å². The highest BCUT2D eigenvalue weighted by atomic mass is 32.2. The average Bonchev–Trinajstić information content (AvgIpc) is 2.74. The van der Waals surface area contributed by atoms with Gasteiger partial charge in [-0.25, -0.2) is 4.98 Å². The molecule has 0 radical (unpaired) electrons. The number of quaternary nitrogens is 1. The van der Waals surface area contributed by atoms with E-state index in [9.17, 15) is 9.59 Å². The van der Waals surface area contributed by atoms with Crippen LogP contribution in [0.1, 0.15) is 12.0 Å². The monoisotopic (exact) mass is 422 g/mol. The second kappa shape index (κ2) is 10.1. The molecule has 3 rings (SSSR count). The number of benzene rings is 2. The number of fused-ring (bicyclic) bond motifs is 1. The van der Waals surface area contributed by atoms with Gasteiger partial charge in [-0.05, 0) is 36.4 Å². The Morgan fingerprint density at radius 2 is 1.93 bits per heavy atom. The SMILES string of the molecule is C[NH+](C)CCCn1c(SCC(=O)Nc2ccc(C#N)cc2)nc2ccccc2c1=O. The van der Waals surface area contributed by atoms with Crippen molar-refractivity contribution in [3.05, 3.63) is 64.4 Å². The maximum atomic E-state index is 13.0. The summed E-state index contributed by atoms with van der Waals surface area (Å²) in [6, 6.07) is 16.0. The van der Waals surface area contributed by atoms with E-state index in [1.54, 1.807) is 34.9 Å². The normalized spacial score (nSPS) is 10.9. The van der Waals surface area contributed by atoms with E-state index >= 15 is 0 Å². The third-order valence-electron chi connectivity index (χ3n) is 4.52. The van der Waals surface area contributed by atoms with Crippen LogP contribution in [-0.2, 0) is 11.3 Å². The summed E-state index contributed by atoms with van der Waals surface area (Å²) < 4.78 is 1.67. The van der Waals surface area contributed by atoms with Gasteiger partial charge >= 0.3 is 0 Å². The number of thioether (sulfide) groups is 1. The molecule has 154 valence electrons. The highest BCUT2D eigenvalue weighted by Gasteiger charge is 2.14. The highest BCUT2D eigenvalue weighted by Crippen LogP contribution is 2.19. The van der Waals surface area contributed by atoms with Gasteiger partial charge in [0.2, 0.25) is 5.91 Å². The zero-order valence-electron chi connectivity index (χ0n) is 17.0. The number of nitrogens with zero attached hydrogens (tertiary/aromatic N) is 3. The summed E-state index contributed by atoms with van der Waals surface area (Å²) in [7, 11) is 4.15. The molecule has 0 fully saturated rings. The molecule has 0 atom stereocenters. The van der Waals surface area contributed by atoms with Crippen molar-refractivity contribution in [2.24, 2.45) is 0 Å². The topological polar surface area (TPSA) is 92.2 Å². The first-order chi connectivity index (χ1) is 14.5. The van der Waals surface area contributed by atoms with Gasteiger partial charge in [0.25, 0.3) is 5.56 Å². The van der Waals surface area contributed by atoms with Gasteiger partial charge in [-0.2, -0.15) is 5.26 Å². The fraction of sp³-hybridized carbons (Fsp3) is 0.273. The second-order valence-corrected chi connectivity index (χ2v) is 8.15. The van der Waals surface area contributed by atoms with Gasteiger partial charge in [-0.3, -0.25) is 14.2 Å². The molecule has 0 spiro atoms. The summed E-state index contributed by atoms with van der Waals surface area (Å²) in [5.74, 6) is -0.0691. The maximum absolute atomic E-state index is 13.0. The summed E-state index contributed by atoms with van der Waals surface area (Å²) in [5.41, 5.74) is 1.71. The lowest BCUT2D eigenvalue weighted by atomic mass is 10.2. The number of hydrogen-bond acceptors (Lipinski definition) is 5. The van der Waals surface area contributed by atoms with Crippen LogP contribution < -0.4 is 15.8 Å². The number of carbonyl (C=O) groups excluding carboxylic acids is 1. The number of amides is 1. The lowest BCUT2D eigenvalue weighted by Crippen LogP contribution is -3.05. The molecule has 1 aromatic heterocycles. The molecule has 2 N–H and O–H groups in total. The molecular formula is C22H24N5O2S+. The Kier molecular flexibility index (Phi) is 7.22. The fourth-order valence-corrected chi connectivity index (χ4v) is 3.83. The Labute approximate surface area is 179 Å². The number of hydrogen-bond donors (Lipinski definition) is 2. The van der Waals surface area contributed by atoms with E-state index < -0.39 is 0 Å². The van der Waals surface area contributed by atoms with E-state index in [1.165, 1.54) is 16.7 Å². The Morgan fingerprint density at radius 1 is 1.20 bits per heavy atom.